The van der Waals surface area contributed by atoms with E-state index < -0.39 is 5.54 Å². The largest absolute Gasteiger partial charge is 0.399 e. The predicted molar refractivity (Wildman–Crippen MR) is 94.6 cm³/mol. The van der Waals surface area contributed by atoms with Crippen LogP contribution in [-0.2, 0) is 10.3 Å². The van der Waals surface area contributed by atoms with Gasteiger partial charge in [-0.3, -0.25) is 5.41 Å². The quantitative estimate of drug-likeness (QED) is 0.294. The Kier molecular flexibility index (Phi) is 4.09. The SMILES string of the molecule is CNC(=N)NC(C=O)(c1csc(-c2cccc(N)c2)c1)C1CC1. The summed E-state index contributed by atoms with van der Waals surface area (Å²) in [6.45, 7) is 0. The van der Waals surface area contributed by atoms with E-state index in [0.717, 1.165) is 40.8 Å². The number of hydrogen-bond acceptors (Lipinski definition) is 4. The van der Waals surface area contributed by atoms with E-state index in [2.05, 4.69) is 10.6 Å². The second-order valence-corrected chi connectivity index (χ2v) is 6.75. The Morgan fingerprint density at radius 1 is 1.43 bits per heavy atom. The van der Waals surface area contributed by atoms with Gasteiger partial charge in [-0.1, -0.05) is 12.1 Å². The first-order valence-corrected chi connectivity index (χ1v) is 8.43. The van der Waals surface area contributed by atoms with Gasteiger partial charge < -0.3 is 21.2 Å². The number of anilines is 1. The van der Waals surface area contributed by atoms with Crippen molar-refractivity contribution < 1.29 is 4.79 Å². The Bertz CT molecular complexity index is 738. The van der Waals surface area contributed by atoms with Gasteiger partial charge in [0.15, 0.2) is 5.96 Å². The van der Waals surface area contributed by atoms with Crippen molar-refractivity contribution >= 4 is 29.3 Å². The summed E-state index contributed by atoms with van der Waals surface area (Å²) >= 11 is 1.59. The average molecular weight is 328 g/mol. The third kappa shape index (κ3) is 2.94. The number of nitrogens with two attached hydrogens (primary N) is 1. The molecule has 0 amide bonds. The number of nitrogens with one attached hydrogen (secondary N) is 3. The fraction of sp³-hybridized carbons (Fsp3) is 0.294. The van der Waals surface area contributed by atoms with Gasteiger partial charge in [0.2, 0.25) is 0 Å². The lowest BCUT2D eigenvalue weighted by Gasteiger charge is -2.30. The molecule has 5 nitrogen and oxygen atoms in total. The van der Waals surface area contributed by atoms with Gasteiger partial charge in [-0.15, -0.1) is 11.3 Å². The maximum absolute atomic E-state index is 12.0. The second kappa shape index (κ2) is 6.04. The summed E-state index contributed by atoms with van der Waals surface area (Å²) in [6, 6.07) is 9.75. The zero-order chi connectivity index (χ0) is 16.4. The van der Waals surface area contributed by atoms with Crippen molar-refractivity contribution in [2.45, 2.75) is 18.4 Å². The van der Waals surface area contributed by atoms with Crippen LogP contribution < -0.4 is 16.4 Å². The van der Waals surface area contributed by atoms with E-state index in [1.165, 1.54) is 0 Å². The highest BCUT2D eigenvalue weighted by Gasteiger charge is 2.47. The molecule has 1 aromatic carbocycles. The zero-order valence-corrected chi connectivity index (χ0v) is 13.7. The van der Waals surface area contributed by atoms with Crippen LogP contribution >= 0.6 is 11.3 Å². The Morgan fingerprint density at radius 2 is 2.22 bits per heavy atom. The van der Waals surface area contributed by atoms with Crippen molar-refractivity contribution in [3.8, 4) is 10.4 Å². The highest BCUT2D eigenvalue weighted by Crippen LogP contribution is 2.46. The second-order valence-electron chi connectivity index (χ2n) is 5.84. The normalized spacial score (nSPS) is 16.4. The van der Waals surface area contributed by atoms with Crippen LogP contribution in [0.5, 0.6) is 0 Å². The minimum absolute atomic E-state index is 0.153. The van der Waals surface area contributed by atoms with Crippen molar-refractivity contribution in [1.82, 2.24) is 10.6 Å². The summed E-state index contributed by atoms with van der Waals surface area (Å²) in [4.78, 5) is 13.0. The first-order chi connectivity index (χ1) is 11.1. The van der Waals surface area contributed by atoms with E-state index in [4.69, 9.17) is 11.1 Å². The van der Waals surface area contributed by atoms with Crippen LogP contribution in [-0.4, -0.2) is 19.3 Å². The van der Waals surface area contributed by atoms with Crippen molar-refractivity contribution in [2.75, 3.05) is 12.8 Å². The standard InChI is InChI=1S/C17H20N4OS/c1-20-16(19)21-17(10-22,12-5-6-12)13-8-15(23-9-13)11-3-2-4-14(18)7-11/h2-4,7-10,12H,5-6,18H2,1H3,(H3,19,20,21). The van der Waals surface area contributed by atoms with Gasteiger partial charge in [-0.2, -0.15) is 0 Å². The summed E-state index contributed by atoms with van der Waals surface area (Å²) < 4.78 is 0. The highest BCUT2D eigenvalue weighted by molar-refractivity contribution is 7.13. The molecule has 0 aliphatic heterocycles. The molecule has 120 valence electrons. The minimum atomic E-state index is -0.824. The molecule has 5 N–H and O–H groups in total. The lowest BCUT2D eigenvalue weighted by Crippen LogP contribution is -2.52. The molecule has 1 atom stereocenters. The van der Waals surface area contributed by atoms with Gasteiger partial charge in [-0.05, 0) is 53.5 Å². The number of aldehydes is 1. The summed E-state index contributed by atoms with van der Waals surface area (Å²) in [5.41, 5.74) is 7.71. The number of carbonyl (C=O) groups is 1. The smallest absolute Gasteiger partial charge is 0.189 e. The van der Waals surface area contributed by atoms with Crippen LogP contribution in [0.25, 0.3) is 10.4 Å². The molecule has 2 aromatic rings. The first kappa shape index (κ1) is 15.6. The first-order valence-electron chi connectivity index (χ1n) is 7.55. The Balaban J connectivity index is 1.98. The molecule has 1 heterocycles. The molecule has 1 aromatic heterocycles. The number of guanidine groups is 1. The summed E-state index contributed by atoms with van der Waals surface area (Å²) in [5.74, 6) is 0.387. The average Bonchev–Trinajstić information content (AvgIpc) is 3.29. The highest BCUT2D eigenvalue weighted by atomic mass is 32.1. The lowest BCUT2D eigenvalue weighted by molar-refractivity contribution is -0.114. The molecule has 6 heteroatoms. The maximum atomic E-state index is 12.0. The molecule has 1 fully saturated rings. The number of hydrogen-bond donors (Lipinski definition) is 4. The third-order valence-electron chi connectivity index (χ3n) is 4.24. The Hall–Kier alpha value is -2.34. The van der Waals surface area contributed by atoms with Crippen LogP contribution in [0.2, 0.25) is 0 Å². The molecule has 1 aliphatic rings. The summed E-state index contributed by atoms with van der Waals surface area (Å²) in [7, 11) is 1.67. The van der Waals surface area contributed by atoms with Crippen LogP contribution in [0.3, 0.4) is 0 Å². The van der Waals surface area contributed by atoms with Gasteiger partial charge in [0, 0.05) is 17.6 Å². The molecule has 23 heavy (non-hydrogen) atoms. The number of rotatable bonds is 5. The van der Waals surface area contributed by atoms with Gasteiger partial charge in [0.25, 0.3) is 0 Å². The summed E-state index contributed by atoms with van der Waals surface area (Å²) in [6.07, 6.45) is 2.93. The van der Waals surface area contributed by atoms with Crippen molar-refractivity contribution in [1.29, 1.82) is 5.41 Å². The third-order valence-corrected chi connectivity index (χ3v) is 5.22. The van der Waals surface area contributed by atoms with Crippen LogP contribution in [0, 0.1) is 11.3 Å². The minimum Gasteiger partial charge on any atom is -0.399 e. The molecule has 1 saturated carbocycles. The van der Waals surface area contributed by atoms with Crippen molar-refractivity contribution in [2.24, 2.45) is 5.92 Å². The topological polar surface area (TPSA) is 91.0 Å². The fourth-order valence-electron chi connectivity index (χ4n) is 2.81. The molecule has 0 saturated heterocycles. The molecule has 3 rings (SSSR count). The number of nitrogen functional groups attached to an aromatic ring is 1. The molecule has 0 spiro atoms. The van der Waals surface area contributed by atoms with Crippen molar-refractivity contribution in [3.63, 3.8) is 0 Å². The molecular weight excluding hydrogens is 308 g/mol. The number of thiophene rings is 1. The van der Waals surface area contributed by atoms with Crippen LogP contribution in [0.15, 0.2) is 35.7 Å². The fourth-order valence-corrected chi connectivity index (χ4v) is 3.78. The predicted octanol–water partition coefficient (Wildman–Crippen LogP) is 2.55. The summed E-state index contributed by atoms with van der Waals surface area (Å²) in [5, 5.41) is 15.7. The Labute approximate surface area is 139 Å². The molecule has 1 aliphatic carbocycles. The Morgan fingerprint density at radius 3 is 2.83 bits per heavy atom. The van der Waals surface area contributed by atoms with E-state index in [1.54, 1.807) is 18.4 Å². The van der Waals surface area contributed by atoms with E-state index in [9.17, 15) is 4.79 Å². The van der Waals surface area contributed by atoms with Crippen LogP contribution in [0.4, 0.5) is 5.69 Å². The van der Waals surface area contributed by atoms with Gasteiger partial charge >= 0.3 is 0 Å². The van der Waals surface area contributed by atoms with E-state index in [-0.39, 0.29) is 11.9 Å². The van der Waals surface area contributed by atoms with Gasteiger partial charge in [-0.25, -0.2) is 0 Å². The molecular formula is C17H20N4OS. The zero-order valence-electron chi connectivity index (χ0n) is 12.9. The van der Waals surface area contributed by atoms with E-state index >= 15 is 0 Å². The van der Waals surface area contributed by atoms with Crippen LogP contribution in [0.1, 0.15) is 18.4 Å². The lowest BCUT2D eigenvalue weighted by atomic mass is 9.88. The molecule has 0 radical (unpaired) electrons. The van der Waals surface area contributed by atoms with Gasteiger partial charge in [0.05, 0.1) is 0 Å². The molecule has 0 bridgehead atoms. The van der Waals surface area contributed by atoms with E-state index in [0.29, 0.717) is 0 Å². The van der Waals surface area contributed by atoms with Gasteiger partial charge in [0.1, 0.15) is 11.8 Å². The number of carbonyl (C=O) groups excluding carboxylic acids is 1. The maximum Gasteiger partial charge on any atom is 0.189 e. The monoisotopic (exact) mass is 328 g/mol. The molecule has 1 unspecified atom stereocenters. The van der Waals surface area contributed by atoms with Crippen molar-refractivity contribution in [3.05, 3.63) is 41.3 Å². The van der Waals surface area contributed by atoms with E-state index in [1.807, 2.05) is 35.7 Å². The number of benzene rings is 1.